The molecule has 2 amide bonds. The molecule has 0 aliphatic carbocycles. The summed E-state index contributed by atoms with van der Waals surface area (Å²) in [5.74, 6) is -0.191. The van der Waals surface area contributed by atoms with Crippen LogP contribution < -0.4 is 26.0 Å². The van der Waals surface area contributed by atoms with E-state index in [1.807, 2.05) is 7.05 Å². The van der Waals surface area contributed by atoms with Gasteiger partial charge in [-0.25, -0.2) is 4.79 Å². The molecule has 2 aromatic carbocycles. The van der Waals surface area contributed by atoms with Crippen LogP contribution >= 0.6 is 11.6 Å². The number of amides is 2. The largest absolute Gasteiger partial charge is 0.495 e. The van der Waals surface area contributed by atoms with Crippen molar-refractivity contribution in [3.05, 3.63) is 62.3 Å². The van der Waals surface area contributed by atoms with Crippen LogP contribution in [0.3, 0.4) is 0 Å². The molecule has 1 aliphatic rings. The predicted molar refractivity (Wildman–Crippen MR) is 140 cm³/mol. The third-order valence-electron chi connectivity index (χ3n) is 6.33. The second-order valence-corrected chi connectivity index (χ2v) is 9.10. The highest BCUT2D eigenvalue weighted by Crippen LogP contribution is 2.35. The van der Waals surface area contributed by atoms with E-state index in [9.17, 15) is 19.2 Å². The lowest BCUT2D eigenvalue weighted by molar-refractivity contribution is -0.133. The number of aromatic nitrogens is 2. The first-order valence-corrected chi connectivity index (χ1v) is 12.0. The van der Waals surface area contributed by atoms with Crippen molar-refractivity contribution in [3.63, 3.8) is 0 Å². The second-order valence-electron chi connectivity index (χ2n) is 8.70. The van der Waals surface area contributed by atoms with Crippen molar-refractivity contribution in [3.8, 4) is 11.5 Å². The van der Waals surface area contributed by atoms with Gasteiger partial charge in [0.15, 0.2) is 0 Å². The molecule has 1 aliphatic heterocycles. The van der Waals surface area contributed by atoms with Gasteiger partial charge >= 0.3 is 5.69 Å². The molecule has 12 heteroatoms. The lowest BCUT2D eigenvalue weighted by atomic mass is 10.2. The van der Waals surface area contributed by atoms with Crippen molar-refractivity contribution in [2.45, 2.75) is 13.1 Å². The summed E-state index contributed by atoms with van der Waals surface area (Å²) < 4.78 is 12.6. The van der Waals surface area contributed by atoms with Gasteiger partial charge in [-0.05, 0) is 25.2 Å². The van der Waals surface area contributed by atoms with Crippen LogP contribution in [0, 0.1) is 0 Å². The van der Waals surface area contributed by atoms with Crippen molar-refractivity contribution >= 4 is 40.0 Å². The van der Waals surface area contributed by atoms with E-state index in [0.717, 1.165) is 4.57 Å². The molecular formula is C25H28ClN5O6. The number of benzene rings is 2. The van der Waals surface area contributed by atoms with Gasteiger partial charge in [-0.15, -0.1) is 0 Å². The van der Waals surface area contributed by atoms with E-state index in [-0.39, 0.29) is 27.5 Å². The number of piperazine rings is 1. The number of carbonyl (C=O) groups excluding carboxylic acids is 2. The first-order chi connectivity index (χ1) is 17.7. The summed E-state index contributed by atoms with van der Waals surface area (Å²) in [5.41, 5.74) is -0.755. The third-order valence-corrected chi connectivity index (χ3v) is 6.63. The van der Waals surface area contributed by atoms with E-state index in [0.29, 0.717) is 37.7 Å². The number of methoxy groups -OCH3 is 2. The van der Waals surface area contributed by atoms with Crippen LogP contribution in [0.1, 0.15) is 0 Å². The minimum atomic E-state index is -0.749. The van der Waals surface area contributed by atoms with Crippen LogP contribution in [-0.4, -0.2) is 78.2 Å². The van der Waals surface area contributed by atoms with Gasteiger partial charge in [-0.1, -0.05) is 23.7 Å². The maximum atomic E-state index is 13.4. The molecule has 1 fully saturated rings. The van der Waals surface area contributed by atoms with Crippen LogP contribution in [0.15, 0.2) is 46.0 Å². The number of nitrogens with zero attached hydrogens (tertiary/aromatic N) is 4. The summed E-state index contributed by atoms with van der Waals surface area (Å²) in [6.45, 7) is 1.63. The van der Waals surface area contributed by atoms with Crippen LogP contribution in [0.25, 0.3) is 10.9 Å². The van der Waals surface area contributed by atoms with Gasteiger partial charge in [0.1, 0.15) is 24.6 Å². The Morgan fingerprint density at radius 1 is 0.946 bits per heavy atom. The number of nitrogens with one attached hydrogen (secondary N) is 1. The fourth-order valence-corrected chi connectivity index (χ4v) is 4.49. The first kappa shape index (κ1) is 26.2. The van der Waals surface area contributed by atoms with E-state index in [1.165, 1.54) is 30.9 Å². The van der Waals surface area contributed by atoms with E-state index in [1.54, 1.807) is 29.2 Å². The quantitative estimate of drug-likeness (QED) is 0.490. The Bertz CT molecular complexity index is 1460. The molecule has 4 rings (SSSR count). The van der Waals surface area contributed by atoms with Gasteiger partial charge in [0, 0.05) is 32.2 Å². The maximum Gasteiger partial charge on any atom is 0.332 e. The fraction of sp³-hybridized carbons (Fsp3) is 0.360. The molecule has 1 aromatic heterocycles. The Balaban J connectivity index is 1.66. The molecule has 3 aromatic rings. The Labute approximate surface area is 217 Å². The molecule has 0 atom stereocenters. The topological polar surface area (TPSA) is 115 Å². The molecule has 0 saturated carbocycles. The lowest BCUT2D eigenvalue weighted by Crippen LogP contribution is -2.50. The van der Waals surface area contributed by atoms with Gasteiger partial charge in [0.05, 0.1) is 35.8 Å². The second kappa shape index (κ2) is 11.1. The minimum Gasteiger partial charge on any atom is -0.495 e. The van der Waals surface area contributed by atoms with Crippen LogP contribution in [0.2, 0.25) is 5.02 Å². The van der Waals surface area contributed by atoms with Gasteiger partial charge in [0.2, 0.25) is 11.8 Å². The minimum absolute atomic E-state index is 0.228. The monoisotopic (exact) mass is 529 g/mol. The van der Waals surface area contributed by atoms with Crippen molar-refractivity contribution in [2.75, 3.05) is 52.8 Å². The van der Waals surface area contributed by atoms with Crippen LogP contribution in [0.5, 0.6) is 11.5 Å². The molecule has 0 spiro atoms. The highest BCUT2D eigenvalue weighted by atomic mass is 35.5. The van der Waals surface area contributed by atoms with Gasteiger partial charge in [0.25, 0.3) is 5.56 Å². The van der Waals surface area contributed by atoms with Gasteiger partial charge < -0.3 is 24.6 Å². The molecule has 11 nitrogen and oxygen atoms in total. The number of likely N-dealkylation sites (N-methyl/N-ethyl adjacent to an activating group) is 1. The zero-order valence-corrected chi connectivity index (χ0v) is 21.6. The summed E-state index contributed by atoms with van der Waals surface area (Å²) in [6, 6.07) is 9.49. The number of para-hydroxylation sites is 1. The number of rotatable bonds is 7. The molecular weight excluding hydrogens is 502 g/mol. The van der Waals surface area contributed by atoms with Gasteiger partial charge in [-0.3, -0.25) is 23.5 Å². The normalized spacial score (nSPS) is 14.0. The predicted octanol–water partition coefficient (Wildman–Crippen LogP) is 1.25. The molecule has 2 heterocycles. The van der Waals surface area contributed by atoms with E-state index in [2.05, 4.69) is 10.2 Å². The zero-order valence-electron chi connectivity index (χ0n) is 20.8. The number of anilines is 1. The molecule has 196 valence electrons. The molecule has 0 unspecified atom stereocenters. The average Bonchev–Trinajstić information content (AvgIpc) is 2.89. The number of halogens is 1. The van der Waals surface area contributed by atoms with E-state index < -0.39 is 30.2 Å². The van der Waals surface area contributed by atoms with Gasteiger partial charge in [-0.2, -0.15) is 0 Å². The zero-order chi connectivity index (χ0) is 26.7. The Morgan fingerprint density at radius 3 is 2.30 bits per heavy atom. The summed E-state index contributed by atoms with van der Waals surface area (Å²) in [4.78, 5) is 56.3. The van der Waals surface area contributed by atoms with Crippen molar-refractivity contribution in [2.24, 2.45) is 0 Å². The number of fused-ring (bicyclic) bond motifs is 1. The molecule has 37 heavy (non-hydrogen) atoms. The summed E-state index contributed by atoms with van der Waals surface area (Å²) in [6.07, 6.45) is 0. The summed E-state index contributed by atoms with van der Waals surface area (Å²) >= 11 is 6.20. The third kappa shape index (κ3) is 5.47. The van der Waals surface area contributed by atoms with Crippen LogP contribution in [0.4, 0.5) is 5.69 Å². The Kier molecular flexibility index (Phi) is 7.84. The SMILES string of the molecule is COc1cc(OC)c(NC(=O)Cn2c(=O)n(CC(=O)N3CCN(C)CC3)c(=O)c3ccccc32)cc1Cl. The average molecular weight is 530 g/mol. The number of ether oxygens (including phenoxy) is 2. The van der Waals surface area contributed by atoms with E-state index >= 15 is 0 Å². The fourth-order valence-electron chi connectivity index (χ4n) is 4.25. The molecule has 0 bridgehead atoms. The summed E-state index contributed by atoms with van der Waals surface area (Å²) in [5, 5.41) is 3.18. The van der Waals surface area contributed by atoms with E-state index in [4.69, 9.17) is 21.1 Å². The Hall–Kier alpha value is -3.83. The smallest absolute Gasteiger partial charge is 0.332 e. The highest BCUT2D eigenvalue weighted by Gasteiger charge is 2.23. The van der Waals surface area contributed by atoms with Crippen molar-refractivity contribution < 1.29 is 19.1 Å². The molecule has 0 radical (unpaired) electrons. The number of hydrogen-bond donors (Lipinski definition) is 1. The number of hydrogen-bond acceptors (Lipinski definition) is 7. The highest BCUT2D eigenvalue weighted by molar-refractivity contribution is 6.32. The van der Waals surface area contributed by atoms with Crippen LogP contribution in [-0.2, 0) is 22.7 Å². The van der Waals surface area contributed by atoms with Crippen molar-refractivity contribution in [1.29, 1.82) is 0 Å². The first-order valence-electron chi connectivity index (χ1n) is 11.6. The van der Waals surface area contributed by atoms with Crippen molar-refractivity contribution in [1.82, 2.24) is 18.9 Å². The standard InChI is InChI=1S/C25H28ClN5O6/c1-28-8-10-29(11-9-28)23(33)15-31-24(34)16-6-4-5-7-19(16)30(25(31)35)14-22(32)27-18-12-17(26)20(36-2)13-21(18)37-3/h4-7,12-13H,8-11,14-15H2,1-3H3,(H,27,32). The maximum absolute atomic E-state index is 13.4. The molecule has 1 N–H and O–H groups in total. The molecule has 1 saturated heterocycles. The Morgan fingerprint density at radius 2 is 1.62 bits per heavy atom. The number of carbonyl (C=O) groups is 2. The summed E-state index contributed by atoms with van der Waals surface area (Å²) in [7, 11) is 4.86. The lowest BCUT2D eigenvalue weighted by Gasteiger charge is -2.32.